The fraction of sp³-hybridized carbons (Fsp3) is 0.188. The molecule has 140 valence electrons. The lowest BCUT2D eigenvalue weighted by Crippen LogP contribution is -2.39. The van der Waals surface area contributed by atoms with Gasteiger partial charge in [-0.25, -0.2) is 28.1 Å². The lowest BCUT2D eigenvalue weighted by atomic mass is 10.2. The molecule has 0 aliphatic heterocycles. The molecule has 0 aliphatic rings. The summed E-state index contributed by atoms with van der Waals surface area (Å²) >= 11 is 0. The summed E-state index contributed by atoms with van der Waals surface area (Å²) in [5, 5.41) is 4.11. The first-order valence-corrected chi connectivity index (χ1v) is 9.46. The Balaban J connectivity index is 2.24. The van der Waals surface area contributed by atoms with Gasteiger partial charge in [0.25, 0.3) is 5.91 Å². The van der Waals surface area contributed by atoms with Gasteiger partial charge >= 0.3 is 0 Å². The zero-order chi connectivity index (χ0) is 19.4. The summed E-state index contributed by atoms with van der Waals surface area (Å²) in [5.41, 5.74) is 0.288. The lowest BCUT2D eigenvalue weighted by Gasteiger charge is -2.23. The molecule has 0 aromatic carbocycles. The number of hydrogen-bond donors (Lipinski definition) is 0. The van der Waals surface area contributed by atoms with Crippen LogP contribution < -0.4 is 9.04 Å². The van der Waals surface area contributed by atoms with Crippen LogP contribution >= 0.6 is 0 Å². The lowest BCUT2D eigenvalue weighted by molar-refractivity contribution is 0.100. The number of hydrogen-bond acceptors (Lipinski definition) is 8. The SMILES string of the molecule is CCS(=O)(=O)N(C(=O)c1c(-n2cccn2)ccnc1OC)c1cncnc1. The molecular weight excluding hydrogens is 372 g/mol. The number of anilines is 1. The molecule has 0 unspecified atom stereocenters. The second-order valence-electron chi connectivity index (χ2n) is 5.23. The van der Waals surface area contributed by atoms with Crippen LogP contribution in [0.25, 0.3) is 5.69 Å². The average Bonchev–Trinajstić information content (AvgIpc) is 3.22. The molecule has 0 atom stereocenters. The minimum Gasteiger partial charge on any atom is -0.480 e. The van der Waals surface area contributed by atoms with Crippen LogP contribution in [0.3, 0.4) is 0 Å². The van der Waals surface area contributed by atoms with E-state index in [1.54, 1.807) is 18.3 Å². The Morgan fingerprint density at radius 3 is 2.59 bits per heavy atom. The molecule has 0 bridgehead atoms. The highest BCUT2D eigenvalue weighted by Gasteiger charge is 2.33. The predicted molar refractivity (Wildman–Crippen MR) is 96.2 cm³/mol. The maximum atomic E-state index is 13.4. The average molecular weight is 388 g/mol. The Hall–Kier alpha value is -3.34. The zero-order valence-electron chi connectivity index (χ0n) is 14.6. The standard InChI is InChI=1S/C16H16N6O4S/c1-3-27(24,25)22(12-9-17-11-18-10-12)16(23)14-13(21-8-4-6-20-21)5-7-19-15(14)26-2/h4-11H,3H2,1-2H3. The van der Waals surface area contributed by atoms with Crippen molar-refractivity contribution in [1.29, 1.82) is 0 Å². The third-order valence-corrected chi connectivity index (χ3v) is 5.32. The maximum absolute atomic E-state index is 13.4. The van der Waals surface area contributed by atoms with E-state index in [4.69, 9.17) is 4.74 Å². The van der Waals surface area contributed by atoms with Gasteiger partial charge in [-0.3, -0.25) is 4.79 Å². The topological polar surface area (TPSA) is 120 Å². The van der Waals surface area contributed by atoms with E-state index in [2.05, 4.69) is 20.1 Å². The van der Waals surface area contributed by atoms with E-state index in [1.807, 2.05) is 0 Å². The summed E-state index contributed by atoms with van der Waals surface area (Å²) < 4.78 is 32.6. The normalized spacial score (nSPS) is 11.2. The monoisotopic (exact) mass is 388 g/mol. The molecule has 0 fully saturated rings. The first kappa shape index (κ1) is 18.5. The fourth-order valence-electron chi connectivity index (χ4n) is 2.42. The molecule has 27 heavy (non-hydrogen) atoms. The van der Waals surface area contributed by atoms with Crippen LogP contribution in [0.5, 0.6) is 5.88 Å². The van der Waals surface area contributed by atoms with E-state index in [0.29, 0.717) is 9.99 Å². The van der Waals surface area contributed by atoms with Crippen molar-refractivity contribution in [3.8, 4) is 11.6 Å². The number of methoxy groups -OCH3 is 1. The largest absolute Gasteiger partial charge is 0.480 e. The molecule has 10 nitrogen and oxygen atoms in total. The van der Waals surface area contributed by atoms with E-state index in [9.17, 15) is 13.2 Å². The first-order valence-electron chi connectivity index (χ1n) is 7.85. The van der Waals surface area contributed by atoms with E-state index in [-0.39, 0.29) is 22.9 Å². The van der Waals surface area contributed by atoms with Gasteiger partial charge in [-0.1, -0.05) is 0 Å². The van der Waals surface area contributed by atoms with Crippen molar-refractivity contribution >= 4 is 21.6 Å². The van der Waals surface area contributed by atoms with Crippen molar-refractivity contribution in [3.05, 3.63) is 55.0 Å². The Labute approximate surface area is 155 Å². The molecule has 0 saturated carbocycles. The summed E-state index contributed by atoms with van der Waals surface area (Å²) in [5.74, 6) is -1.17. The molecule has 0 aliphatic carbocycles. The highest BCUT2D eigenvalue weighted by atomic mass is 32.2. The highest BCUT2D eigenvalue weighted by Crippen LogP contribution is 2.28. The summed E-state index contributed by atoms with van der Waals surface area (Å²) in [7, 11) is -2.64. The van der Waals surface area contributed by atoms with E-state index in [0.717, 1.165) is 0 Å². The van der Waals surface area contributed by atoms with Crippen LogP contribution in [0, 0.1) is 0 Å². The Kier molecular flexibility index (Phi) is 5.12. The molecule has 3 heterocycles. The number of pyridine rings is 1. The molecule has 3 rings (SSSR count). The Bertz CT molecular complexity index is 1040. The number of sulfonamides is 1. The van der Waals surface area contributed by atoms with Crippen molar-refractivity contribution in [1.82, 2.24) is 24.7 Å². The molecule has 11 heteroatoms. The third kappa shape index (κ3) is 3.49. The molecule has 3 aromatic heterocycles. The van der Waals surface area contributed by atoms with Crippen LogP contribution in [0.15, 0.2) is 49.4 Å². The van der Waals surface area contributed by atoms with Crippen molar-refractivity contribution in [2.45, 2.75) is 6.92 Å². The first-order chi connectivity index (χ1) is 13.0. The summed E-state index contributed by atoms with van der Waals surface area (Å²) in [4.78, 5) is 25.0. The Morgan fingerprint density at radius 2 is 2.00 bits per heavy atom. The van der Waals surface area contributed by atoms with Crippen LogP contribution in [0.1, 0.15) is 17.3 Å². The van der Waals surface area contributed by atoms with Gasteiger partial charge in [0.05, 0.1) is 36.6 Å². The van der Waals surface area contributed by atoms with Crippen molar-refractivity contribution in [2.75, 3.05) is 17.2 Å². The number of ether oxygens (including phenoxy) is 1. The number of nitrogens with zero attached hydrogens (tertiary/aromatic N) is 6. The molecule has 0 spiro atoms. The molecule has 0 N–H and O–H groups in total. The van der Waals surface area contributed by atoms with Gasteiger partial charge in [-0.15, -0.1) is 0 Å². The van der Waals surface area contributed by atoms with Gasteiger partial charge in [-0.05, 0) is 19.1 Å². The second-order valence-corrected chi connectivity index (χ2v) is 7.34. The predicted octanol–water partition coefficient (Wildman–Crippen LogP) is 1.06. The van der Waals surface area contributed by atoms with Gasteiger partial charge in [-0.2, -0.15) is 9.40 Å². The highest BCUT2D eigenvalue weighted by molar-refractivity contribution is 7.93. The maximum Gasteiger partial charge on any atom is 0.279 e. The molecule has 0 radical (unpaired) electrons. The molecule has 3 aromatic rings. The number of carbonyl (C=O) groups excluding carboxylic acids is 1. The third-order valence-electron chi connectivity index (χ3n) is 3.66. The van der Waals surface area contributed by atoms with Gasteiger partial charge in [0.2, 0.25) is 15.9 Å². The minimum atomic E-state index is -3.98. The Morgan fingerprint density at radius 1 is 1.26 bits per heavy atom. The number of rotatable bonds is 6. The number of amides is 1. The summed E-state index contributed by atoms with van der Waals surface area (Å²) in [6.45, 7) is 1.44. The van der Waals surface area contributed by atoms with Crippen LogP contribution in [0.2, 0.25) is 0 Å². The van der Waals surface area contributed by atoms with Gasteiger partial charge in [0.15, 0.2) is 0 Å². The fourth-order valence-corrected chi connectivity index (χ4v) is 3.44. The molecule has 1 amide bonds. The quantitative estimate of drug-likeness (QED) is 0.615. The van der Waals surface area contributed by atoms with E-state index in [1.165, 1.54) is 49.8 Å². The van der Waals surface area contributed by atoms with Crippen molar-refractivity contribution < 1.29 is 17.9 Å². The van der Waals surface area contributed by atoms with Crippen LogP contribution in [-0.4, -0.2) is 51.9 Å². The second kappa shape index (κ2) is 7.50. The van der Waals surface area contributed by atoms with E-state index < -0.39 is 15.9 Å². The van der Waals surface area contributed by atoms with Crippen molar-refractivity contribution in [2.24, 2.45) is 0 Å². The minimum absolute atomic E-state index is 0.0154. The van der Waals surface area contributed by atoms with Gasteiger partial charge in [0.1, 0.15) is 11.9 Å². The van der Waals surface area contributed by atoms with Crippen LogP contribution in [-0.2, 0) is 10.0 Å². The van der Waals surface area contributed by atoms with E-state index >= 15 is 0 Å². The zero-order valence-corrected chi connectivity index (χ0v) is 15.4. The molecule has 0 saturated heterocycles. The number of aromatic nitrogens is 5. The molecular formula is C16H16N6O4S. The smallest absolute Gasteiger partial charge is 0.279 e. The van der Waals surface area contributed by atoms with Gasteiger partial charge in [0, 0.05) is 18.6 Å². The van der Waals surface area contributed by atoms with Crippen LogP contribution in [0.4, 0.5) is 5.69 Å². The summed E-state index contributed by atoms with van der Waals surface area (Å²) in [6, 6.07) is 3.22. The van der Waals surface area contributed by atoms with Gasteiger partial charge < -0.3 is 4.74 Å². The van der Waals surface area contributed by atoms with Crippen molar-refractivity contribution in [3.63, 3.8) is 0 Å². The number of carbonyl (C=O) groups is 1. The summed E-state index contributed by atoms with van der Waals surface area (Å²) in [6.07, 6.45) is 8.33.